The van der Waals surface area contributed by atoms with Crippen molar-refractivity contribution in [2.24, 2.45) is 0 Å². The molecule has 2 aromatic rings. The van der Waals surface area contributed by atoms with Gasteiger partial charge in [-0.05, 0) is 31.2 Å². The summed E-state index contributed by atoms with van der Waals surface area (Å²) < 4.78 is 44.4. The summed E-state index contributed by atoms with van der Waals surface area (Å²) in [5.74, 6) is -0.221. The van der Waals surface area contributed by atoms with Crippen molar-refractivity contribution in [1.29, 1.82) is 0 Å². The van der Waals surface area contributed by atoms with Crippen molar-refractivity contribution < 1.29 is 27.2 Å². The molecule has 0 bridgehead atoms. The second-order valence-electron chi connectivity index (χ2n) is 3.98. The van der Waals surface area contributed by atoms with Gasteiger partial charge in [0.25, 0.3) is 0 Å². The van der Waals surface area contributed by atoms with Crippen LogP contribution in [0.5, 0.6) is 5.75 Å². The van der Waals surface area contributed by atoms with Crippen LogP contribution in [-0.2, 0) is 0 Å². The summed E-state index contributed by atoms with van der Waals surface area (Å²) in [5, 5.41) is 8.37. The number of rotatable bonds is 3. The zero-order valence-electron chi connectivity index (χ0n) is 10.7. The van der Waals surface area contributed by atoms with E-state index in [1.54, 1.807) is 6.92 Å². The first-order valence-corrected chi connectivity index (χ1v) is 5.69. The molecule has 2 rings (SSSR count). The van der Waals surface area contributed by atoms with Crippen LogP contribution in [0, 0.1) is 6.92 Å². The number of alkyl halides is 3. The van der Waals surface area contributed by atoms with Gasteiger partial charge in [0, 0.05) is 11.8 Å². The fourth-order valence-corrected chi connectivity index (χ4v) is 1.44. The monoisotopic (exact) mass is 301 g/mol. The summed E-state index contributed by atoms with van der Waals surface area (Å²) in [4.78, 5) is 11.6. The number of urea groups is 1. The molecule has 2 amide bonds. The number of hydrogen-bond donors (Lipinski definition) is 2. The van der Waals surface area contributed by atoms with Crippen molar-refractivity contribution in [3.8, 4) is 5.75 Å². The number of aromatic nitrogens is 1. The van der Waals surface area contributed by atoms with E-state index in [1.165, 1.54) is 18.2 Å². The molecule has 0 aliphatic rings. The molecule has 1 aromatic heterocycles. The molecular formula is C12H10F3N3O3. The van der Waals surface area contributed by atoms with Crippen molar-refractivity contribution in [3.05, 3.63) is 36.0 Å². The van der Waals surface area contributed by atoms with Gasteiger partial charge in [0.15, 0.2) is 0 Å². The highest BCUT2D eigenvalue weighted by Crippen LogP contribution is 2.24. The minimum absolute atomic E-state index is 0.155. The normalized spacial score (nSPS) is 11.0. The summed E-state index contributed by atoms with van der Waals surface area (Å²) in [6.45, 7) is 1.69. The first-order valence-electron chi connectivity index (χ1n) is 5.69. The lowest BCUT2D eigenvalue weighted by molar-refractivity contribution is -0.274. The van der Waals surface area contributed by atoms with Gasteiger partial charge in [-0.1, -0.05) is 5.16 Å². The highest BCUT2D eigenvalue weighted by molar-refractivity contribution is 5.98. The quantitative estimate of drug-likeness (QED) is 0.909. The Bertz CT molecular complexity index is 623. The maximum absolute atomic E-state index is 12.0. The lowest BCUT2D eigenvalue weighted by atomic mass is 10.3. The number of anilines is 2. The molecular weight excluding hydrogens is 291 g/mol. The SMILES string of the molecule is Cc1cc(NC(=O)Nc2ccc(OC(F)(F)F)cc2)on1. The van der Waals surface area contributed by atoms with E-state index in [2.05, 4.69) is 20.5 Å². The van der Waals surface area contributed by atoms with E-state index in [9.17, 15) is 18.0 Å². The number of ether oxygens (including phenoxy) is 1. The smallest absolute Gasteiger partial charge is 0.406 e. The maximum Gasteiger partial charge on any atom is 0.573 e. The van der Waals surface area contributed by atoms with Gasteiger partial charge >= 0.3 is 12.4 Å². The molecule has 21 heavy (non-hydrogen) atoms. The number of hydrogen-bond acceptors (Lipinski definition) is 4. The van der Waals surface area contributed by atoms with Gasteiger partial charge in [-0.15, -0.1) is 13.2 Å². The molecule has 0 atom stereocenters. The molecule has 0 fully saturated rings. The lowest BCUT2D eigenvalue weighted by Crippen LogP contribution is -2.19. The van der Waals surface area contributed by atoms with Crippen molar-refractivity contribution in [2.45, 2.75) is 13.3 Å². The molecule has 0 spiro atoms. The number of benzene rings is 1. The molecule has 1 heterocycles. The van der Waals surface area contributed by atoms with Gasteiger partial charge in [0.1, 0.15) is 5.75 Å². The van der Waals surface area contributed by atoms with E-state index in [0.717, 1.165) is 12.1 Å². The van der Waals surface area contributed by atoms with Crippen molar-refractivity contribution in [1.82, 2.24) is 5.16 Å². The molecule has 2 N–H and O–H groups in total. The molecule has 0 radical (unpaired) electrons. The largest absolute Gasteiger partial charge is 0.573 e. The zero-order chi connectivity index (χ0) is 15.5. The lowest BCUT2D eigenvalue weighted by Gasteiger charge is -2.09. The first kappa shape index (κ1) is 14.7. The van der Waals surface area contributed by atoms with Crippen LogP contribution < -0.4 is 15.4 Å². The fraction of sp³-hybridized carbons (Fsp3) is 0.167. The van der Waals surface area contributed by atoms with Crippen LogP contribution in [0.4, 0.5) is 29.5 Å². The highest BCUT2D eigenvalue weighted by atomic mass is 19.4. The van der Waals surface area contributed by atoms with Gasteiger partial charge in [-0.2, -0.15) is 0 Å². The van der Waals surface area contributed by atoms with E-state index in [1.807, 2.05) is 0 Å². The molecule has 1 aromatic carbocycles. The number of aryl methyl sites for hydroxylation is 1. The summed E-state index contributed by atoms with van der Waals surface area (Å²) in [6.07, 6.45) is -4.75. The Kier molecular flexibility index (Phi) is 4.01. The topological polar surface area (TPSA) is 76.4 Å². The number of carbonyl (C=O) groups excluding carboxylic acids is 1. The van der Waals surface area contributed by atoms with Crippen LogP contribution >= 0.6 is 0 Å². The Labute approximate surface area is 116 Å². The number of halogens is 3. The van der Waals surface area contributed by atoms with Crippen LogP contribution in [0.2, 0.25) is 0 Å². The van der Waals surface area contributed by atoms with Gasteiger partial charge < -0.3 is 14.6 Å². The average molecular weight is 301 g/mol. The third kappa shape index (κ3) is 4.71. The molecule has 0 aliphatic carbocycles. The molecule has 9 heteroatoms. The second kappa shape index (κ2) is 5.73. The van der Waals surface area contributed by atoms with E-state index < -0.39 is 12.4 Å². The molecule has 6 nitrogen and oxygen atoms in total. The first-order chi connectivity index (χ1) is 9.82. The van der Waals surface area contributed by atoms with Gasteiger partial charge in [0.05, 0.1) is 5.69 Å². The Morgan fingerprint density at radius 1 is 1.24 bits per heavy atom. The second-order valence-corrected chi connectivity index (χ2v) is 3.98. The minimum atomic E-state index is -4.75. The van der Waals surface area contributed by atoms with Gasteiger partial charge in [-0.3, -0.25) is 5.32 Å². The Hall–Kier alpha value is -2.71. The minimum Gasteiger partial charge on any atom is -0.406 e. The van der Waals surface area contributed by atoms with E-state index in [4.69, 9.17) is 4.52 Å². The predicted molar refractivity (Wildman–Crippen MR) is 67.0 cm³/mol. The van der Waals surface area contributed by atoms with Crippen molar-refractivity contribution in [3.63, 3.8) is 0 Å². The van der Waals surface area contributed by atoms with Crippen LogP contribution in [0.15, 0.2) is 34.9 Å². The predicted octanol–water partition coefficient (Wildman–Crippen LogP) is 3.53. The summed E-state index contributed by atoms with van der Waals surface area (Å²) in [6, 6.07) is 5.61. The number of nitrogens with one attached hydrogen (secondary N) is 2. The standard InChI is InChI=1S/C12H10F3N3O3/c1-7-6-10(21-18-7)17-11(19)16-8-2-4-9(5-3-8)20-12(13,14)15/h2-6H,1H3,(H2,16,17,19). The van der Waals surface area contributed by atoms with Crippen molar-refractivity contribution >= 4 is 17.6 Å². The van der Waals surface area contributed by atoms with Gasteiger partial charge in [0.2, 0.25) is 5.88 Å². The van der Waals surface area contributed by atoms with E-state index >= 15 is 0 Å². The van der Waals surface area contributed by atoms with Crippen LogP contribution in [0.1, 0.15) is 5.69 Å². The van der Waals surface area contributed by atoms with Crippen molar-refractivity contribution in [2.75, 3.05) is 10.6 Å². The molecule has 112 valence electrons. The van der Waals surface area contributed by atoms with Crippen LogP contribution in [0.25, 0.3) is 0 Å². The fourth-order valence-electron chi connectivity index (χ4n) is 1.44. The zero-order valence-corrected chi connectivity index (χ0v) is 10.7. The third-order valence-electron chi connectivity index (χ3n) is 2.21. The molecule has 0 saturated carbocycles. The summed E-state index contributed by atoms with van der Waals surface area (Å²) >= 11 is 0. The Morgan fingerprint density at radius 2 is 1.90 bits per heavy atom. The number of amides is 2. The Balaban J connectivity index is 1.92. The third-order valence-corrected chi connectivity index (χ3v) is 2.21. The molecule has 0 unspecified atom stereocenters. The summed E-state index contributed by atoms with van der Waals surface area (Å²) in [7, 11) is 0. The van der Waals surface area contributed by atoms with E-state index in [-0.39, 0.29) is 11.6 Å². The molecule has 0 aliphatic heterocycles. The number of nitrogens with zero attached hydrogens (tertiary/aromatic N) is 1. The average Bonchev–Trinajstić information content (AvgIpc) is 2.75. The summed E-state index contributed by atoms with van der Waals surface area (Å²) in [5.41, 5.74) is 0.886. The Morgan fingerprint density at radius 3 is 2.43 bits per heavy atom. The van der Waals surface area contributed by atoms with Crippen LogP contribution in [0.3, 0.4) is 0 Å². The highest BCUT2D eigenvalue weighted by Gasteiger charge is 2.30. The maximum atomic E-state index is 12.0. The van der Waals surface area contributed by atoms with E-state index in [0.29, 0.717) is 11.4 Å². The molecule has 0 saturated heterocycles. The number of carbonyl (C=O) groups is 1. The van der Waals surface area contributed by atoms with Gasteiger partial charge in [-0.25, -0.2) is 4.79 Å². The van der Waals surface area contributed by atoms with Crippen LogP contribution in [-0.4, -0.2) is 17.6 Å².